The van der Waals surface area contributed by atoms with Gasteiger partial charge in [0.2, 0.25) is 11.7 Å². The number of para-hydroxylation sites is 1. The van der Waals surface area contributed by atoms with Crippen LogP contribution >= 0.6 is 0 Å². The monoisotopic (exact) mass is 390 g/mol. The lowest BCUT2D eigenvalue weighted by Gasteiger charge is -2.17. The molecule has 3 aromatic rings. The van der Waals surface area contributed by atoms with Crippen molar-refractivity contribution in [2.75, 3.05) is 6.54 Å². The van der Waals surface area contributed by atoms with E-state index in [0.717, 1.165) is 16.5 Å². The number of likely N-dealkylation sites (tertiary alicyclic amines) is 1. The Morgan fingerprint density at radius 1 is 1.14 bits per heavy atom. The van der Waals surface area contributed by atoms with E-state index in [0.29, 0.717) is 18.7 Å². The summed E-state index contributed by atoms with van der Waals surface area (Å²) in [5, 5.41) is 0.797. The van der Waals surface area contributed by atoms with Gasteiger partial charge in [-0.1, -0.05) is 48.5 Å². The fraction of sp³-hybridized carbons (Fsp3) is 0.261. The number of carbonyl (C=O) groups excluding carboxylic acids is 3. The van der Waals surface area contributed by atoms with Gasteiger partial charge in [-0.05, 0) is 18.6 Å². The van der Waals surface area contributed by atoms with Crippen LogP contribution in [0.1, 0.15) is 29.3 Å². The Morgan fingerprint density at radius 2 is 1.86 bits per heavy atom. The summed E-state index contributed by atoms with van der Waals surface area (Å²) in [6.45, 7) is 2.34. The van der Waals surface area contributed by atoms with Crippen LogP contribution in [0.25, 0.3) is 10.9 Å². The molecule has 29 heavy (non-hydrogen) atoms. The van der Waals surface area contributed by atoms with E-state index in [2.05, 4.69) is 4.98 Å². The molecule has 2 atom stereocenters. The van der Waals surface area contributed by atoms with E-state index < -0.39 is 18.0 Å². The van der Waals surface area contributed by atoms with Crippen LogP contribution in [0.4, 0.5) is 0 Å². The van der Waals surface area contributed by atoms with Crippen molar-refractivity contribution in [2.24, 2.45) is 5.92 Å². The summed E-state index contributed by atoms with van der Waals surface area (Å²) in [6, 6.07) is 17.1. The summed E-state index contributed by atoms with van der Waals surface area (Å²) in [5.74, 6) is -1.40. The van der Waals surface area contributed by atoms with Crippen LogP contribution in [0.3, 0.4) is 0 Å². The number of fused-ring (bicyclic) bond motifs is 1. The van der Waals surface area contributed by atoms with Gasteiger partial charge in [-0.15, -0.1) is 0 Å². The molecule has 1 aliphatic rings. The molecule has 1 aromatic heterocycles. The van der Waals surface area contributed by atoms with Crippen LogP contribution < -0.4 is 0 Å². The number of Topliss-reactive ketones (excluding diaryl/α,β-unsaturated/α-hetero) is 1. The topological polar surface area (TPSA) is 79.5 Å². The first-order chi connectivity index (χ1) is 14.0. The summed E-state index contributed by atoms with van der Waals surface area (Å²) in [6.07, 6.45) is 0.831. The molecule has 4 rings (SSSR count). The molecule has 1 fully saturated rings. The van der Waals surface area contributed by atoms with E-state index in [1.165, 1.54) is 0 Å². The van der Waals surface area contributed by atoms with Gasteiger partial charge in [0.25, 0.3) is 0 Å². The highest BCUT2D eigenvalue weighted by Crippen LogP contribution is 2.24. The van der Waals surface area contributed by atoms with Crippen molar-refractivity contribution in [1.82, 2.24) is 9.88 Å². The quantitative estimate of drug-likeness (QED) is 0.517. The Labute approximate surface area is 168 Å². The molecular weight excluding hydrogens is 368 g/mol. The second kappa shape index (κ2) is 7.91. The average Bonchev–Trinajstić information content (AvgIpc) is 3.32. The van der Waals surface area contributed by atoms with Crippen molar-refractivity contribution in [3.8, 4) is 0 Å². The van der Waals surface area contributed by atoms with Gasteiger partial charge in [-0.25, -0.2) is 0 Å². The Morgan fingerprint density at radius 3 is 2.66 bits per heavy atom. The first-order valence-corrected chi connectivity index (χ1v) is 9.65. The smallest absolute Gasteiger partial charge is 0.311 e. The number of carbonyl (C=O) groups is 3. The highest BCUT2D eigenvalue weighted by atomic mass is 16.5. The molecule has 1 aliphatic heterocycles. The number of H-pyrrole nitrogens is 1. The third-order valence-electron chi connectivity index (χ3n) is 5.28. The van der Waals surface area contributed by atoms with Gasteiger partial charge in [0.1, 0.15) is 0 Å². The second-order valence-corrected chi connectivity index (χ2v) is 7.35. The van der Waals surface area contributed by atoms with Crippen LogP contribution in [0.2, 0.25) is 0 Å². The maximum Gasteiger partial charge on any atom is 0.311 e. The second-order valence-electron chi connectivity index (χ2n) is 7.35. The number of esters is 1. The molecule has 148 valence electrons. The van der Waals surface area contributed by atoms with E-state index in [1.807, 2.05) is 54.6 Å². The Kier molecular flexibility index (Phi) is 5.16. The van der Waals surface area contributed by atoms with Gasteiger partial charge in [0, 0.05) is 42.2 Å². The van der Waals surface area contributed by atoms with E-state index in [9.17, 15) is 14.4 Å². The SMILES string of the molecule is C[C@H](OC(=O)[C@@H]1CC(=O)N(Cc2ccccc2)C1)C(=O)c1c[nH]c2ccccc12. The van der Waals surface area contributed by atoms with Crippen molar-refractivity contribution < 1.29 is 19.1 Å². The van der Waals surface area contributed by atoms with E-state index in [4.69, 9.17) is 4.74 Å². The number of nitrogens with zero attached hydrogens (tertiary/aromatic N) is 1. The molecule has 6 nitrogen and oxygen atoms in total. The minimum atomic E-state index is -0.917. The zero-order valence-corrected chi connectivity index (χ0v) is 16.1. The molecule has 0 bridgehead atoms. The highest BCUT2D eigenvalue weighted by molar-refractivity contribution is 6.10. The number of aromatic amines is 1. The van der Waals surface area contributed by atoms with Crippen LogP contribution in [-0.2, 0) is 20.9 Å². The van der Waals surface area contributed by atoms with E-state index >= 15 is 0 Å². The van der Waals surface area contributed by atoms with Crippen LogP contribution in [-0.4, -0.2) is 40.2 Å². The van der Waals surface area contributed by atoms with Gasteiger partial charge >= 0.3 is 5.97 Å². The lowest BCUT2D eigenvalue weighted by atomic mass is 10.1. The number of amides is 1. The van der Waals surface area contributed by atoms with Crippen molar-refractivity contribution in [1.29, 1.82) is 0 Å². The number of rotatable bonds is 6. The summed E-state index contributed by atoms with van der Waals surface area (Å²) in [5.41, 5.74) is 2.36. The minimum absolute atomic E-state index is 0.0774. The number of aromatic nitrogens is 1. The number of ketones is 1. The fourth-order valence-electron chi connectivity index (χ4n) is 3.71. The molecular formula is C23H22N2O4. The molecule has 6 heteroatoms. The van der Waals surface area contributed by atoms with Gasteiger partial charge in [0.05, 0.1) is 5.92 Å². The van der Waals surface area contributed by atoms with Crippen molar-refractivity contribution in [3.05, 3.63) is 71.9 Å². The number of benzene rings is 2. The van der Waals surface area contributed by atoms with Crippen molar-refractivity contribution >= 4 is 28.6 Å². The molecule has 0 radical (unpaired) electrons. The lowest BCUT2D eigenvalue weighted by molar-refractivity contribution is -0.151. The normalized spacial score (nSPS) is 17.5. The zero-order valence-electron chi connectivity index (χ0n) is 16.1. The van der Waals surface area contributed by atoms with Gasteiger partial charge in [-0.3, -0.25) is 14.4 Å². The van der Waals surface area contributed by atoms with Crippen LogP contribution in [0.5, 0.6) is 0 Å². The fourth-order valence-corrected chi connectivity index (χ4v) is 3.71. The van der Waals surface area contributed by atoms with Gasteiger partial charge < -0.3 is 14.6 Å². The molecule has 2 aromatic carbocycles. The molecule has 2 heterocycles. The molecule has 0 saturated carbocycles. The van der Waals surface area contributed by atoms with Crippen molar-refractivity contribution in [3.63, 3.8) is 0 Å². The molecule has 0 spiro atoms. The Hall–Kier alpha value is -3.41. The summed E-state index contributed by atoms with van der Waals surface area (Å²) >= 11 is 0. The summed E-state index contributed by atoms with van der Waals surface area (Å²) < 4.78 is 5.43. The highest BCUT2D eigenvalue weighted by Gasteiger charge is 2.36. The third-order valence-corrected chi connectivity index (χ3v) is 5.28. The standard InChI is InChI=1S/C23H22N2O4/c1-15(22(27)19-12-24-20-10-6-5-9-18(19)20)29-23(28)17-11-21(26)25(14-17)13-16-7-3-2-4-8-16/h2-10,12,15,17,24H,11,13-14H2,1H3/t15-,17+/m0/s1. The predicted octanol–water partition coefficient (Wildman–Crippen LogP) is 3.33. The first kappa shape index (κ1) is 18.9. The number of hydrogen-bond donors (Lipinski definition) is 1. The minimum Gasteiger partial charge on any atom is -0.454 e. The lowest BCUT2D eigenvalue weighted by Crippen LogP contribution is -2.30. The van der Waals surface area contributed by atoms with Crippen molar-refractivity contribution in [2.45, 2.75) is 26.0 Å². The van der Waals surface area contributed by atoms with Crippen LogP contribution in [0.15, 0.2) is 60.8 Å². The van der Waals surface area contributed by atoms with E-state index in [-0.39, 0.29) is 18.1 Å². The third kappa shape index (κ3) is 3.92. The Bertz CT molecular complexity index is 1060. The van der Waals surface area contributed by atoms with Crippen LogP contribution in [0, 0.1) is 5.92 Å². The zero-order chi connectivity index (χ0) is 20.4. The average molecular weight is 390 g/mol. The number of hydrogen-bond acceptors (Lipinski definition) is 4. The number of nitrogens with one attached hydrogen (secondary N) is 1. The maximum atomic E-state index is 12.8. The Balaban J connectivity index is 1.38. The van der Waals surface area contributed by atoms with E-state index in [1.54, 1.807) is 18.0 Å². The predicted molar refractivity (Wildman–Crippen MR) is 108 cm³/mol. The molecule has 1 amide bonds. The number of ether oxygens (including phenoxy) is 1. The summed E-state index contributed by atoms with van der Waals surface area (Å²) in [4.78, 5) is 42.3. The van der Waals surface area contributed by atoms with Gasteiger partial charge in [-0.2, -0.15) is 0 Å². The maximum absolute atomic E-state index is 12.8. The first-order valence-electron chi connectivity index (χ1n) is 9.65. The largest absolute Gasteiger partial charge is 0.454 e. The summed E-state index contributed by atoms with van der Waals surface area (Å²) in [7, 11) is 0. The van der Waals surface area contributed by atoms with Gasteiger partial charge in [0.15, 0.2) is 6.10 Å². The molecule has 1 N–H and O–H groups in total. The molecule has 0 unspecified atom stereocenters. The molecule has 1 saturated heterocycles. The molecule has 0 aliphatic carbocycles.